The third kappa shape index (κ3) is 4.80. The Labute approximate surface area is 103 Å². The molecule has 0 aromatic carbocycles. The van der Waals surface area contributed by atoms with Gasteiger partial charge in [0.25, 0.3) is 0 Å². The molecule has 0 spiro atoms. The Morgan fingerprint density at radius 2 is 1.65 bits per heavy atom. The van der Waals surface area contributed by atoms with Gasteiger partial charge in [-0.25, -0.2) is 4.98 Å². The number of hydrogen-bond donors (Lipinski definition) is 3. The van der Waals surface area contributed by atoms with Gasteiger partial charge in [-0.2, -0.15) is 0 Å². The number of hydrogen-bond acceptors (Lipinski definition) is 4. The van der Waals surface area contributed by atoms with Crippen LogP contribution in [0.5, 0.6) is 0 Å². The highest BCUT2D eigenvalue weighted by molar-refractivity contribution is 5.62. The van der Waals surface area contributed by atoms with Crippen LogP contribution < -0.4 is 16.4 Å². The zero-order valence-corrected chi connectivity index (χ0v) is 10.1. The molecule has 2 heterocycles. The van der Waals surface area contributed by atoms with Gasteiger partial charge in [-0.3, -0.25) is 0 Å². The van der Waals surface area contributed by atoms with Crippen molar-refractivity contribution in [2.45, 2.75) is 0 Å². The summed E-state index contributed by atoms with van der Waals surface area (Å²) in [7, 11) is 0. The molecule has 0 aliphatic carbocycles. The van der Waals surface area contributed by atoms with Crippen LogP contribution in [0.4, 0.5) is 5.82 Å². The molecule has 4 heteroatoms. The van der Waals surface area contributed by atoms with Gasteiger partial charge in [0.2, 0.25) is 0 Å². The van der Waals surface area contributed by atoms with Gasteiger partial charge in [0.05, 0.1) is 5.69 Å². The molecule has 1 aromatic rings. The summed E-state index contributed by atoms with van der Waals surface area (Å²) in [5.41, 5.74) is 7.20. The van der Waals surface area contributed by atoms with E-state index in [9.17, 15) is 0 Å². The molecule has 1 saturated heterocycles. The van der Waals surface area contributed by atoms with Gasteiger partial charge in [-0.1, -0.05) is 19.2 Å². The Kier molecular flexibility index (Phi) is 5.99. The molecular weight excluding hydrogens is 212 g/mol. The lowest BCUT2D eigenvalue weighted by Crippen LogP contribution is -2.39. The topological polar surface area (TPSA) is 63.0 Å². The molecule has 0 atom stereocenters. The number of anilines is 1. The van der Waals surface area contributed by atoms with Gasteiger partial charge < -0.3 is 16.4 Å². The maximum atomic E-state index is 5.46. The van der Waals surface area contributed by atoms with E-state index < -0.39 is 0 Å². The standard InChI is InChI=1S/C9H10N2.C4H10N2/c1-3-7-5-6-9(10)11-8(7)4-2;1-2-6-4-3-5-1/h3-6H,1-2H2,(H2,10,11);5-6H,1-4H2. The molecule has 0 amide bonds. The van der Waals surface area contributed by atoms with Gasteiger partial charge >= 0.3 is 0 Å². The molecule has 1 fully saturated rings. The molecule has 4 nitrogen and oxygen atoms in total. The second-order valence-electron chi connectivity index (χ2n) is 3.62. The first-order valence-electron chi connectivity index (χ1n) is 5.70. The van der Waals surface area contributed by atoms with Crippen molar-refractivity contribution >= 4 is 18.0 Å². The minimum Gasteiger partial charge on any atom is -0.384 e. The summed E-state index contributed by atoms with van der Waals surface area (Å²) in [4.78, 5) is 4.05. The number of aromatic nitrogens is 1. The van der Waals surface area contributed by atoms with Crippen LogP contribution in [-0.4, -0.2) is 31.2 Å². The maximum absolute atomic E-state index is 5.46. The van der Waals surface area contributed by atoms with Crippen molar-refractivity contribution < 1.29 is 0 Å². The van der Waals surface area contributed by atoms with Crippen molar-refractivity contribution in [3.05, 3.63) is 36.5 Å². The van der Waals surface area contributed by atoms with Gasteiger partial charge in [0.1, 0.15) is 5.82 Å². The highest BCUT2D eigenvalue weighted by Crippen LogP contribution is 2.10. The predicted molar refractivity (Wildman–Crippen MR) is 74.6 cm³/mol. The fourth-order valence-corrected chi connectivity index (χ4v) is 1.44. The van der Waals surface area contributed by atoms with Crippen LogP contribution in [0.1, 0.15) is 11.3 Å². The lowest BCUT2D eigenvalue weighted by molar-refractivity contribution is 0.534. The first-order valence-corrected chi connectivity index (χ1v) is 5.70. The molecule has 0 bridgehead atoms. The monoisotopic (exact) mass is 232 g/mol. The maximum Gasteiger partial charge on any atom is 0.124 e. The Morgan fingerprint density at radius 3 is 2.06 bits per heavy atom. The summed E-state index contributed by atoms with van der Waals surface area (Å²) in [6.07, 6.45) is 3.39. The zero-order chi connectivity index (χ0) is 12.5. The van der Waals surface area contributed by atoms with Gasteiger partial charge in [0.15, 0.2) is 0 Å². The summed E-state index contributed by atoms with van der Waals surface area (Å²) >= 11 is 0. The molecule has 2 rings (SSSR count). The van der Waals surface area contributed by atoms with E-state index in [2.05, 4.69) is 28.8 Å². The quantitative estimate of drug-likeness (QED) is 0.715. The molecule has 1 aromatic heterocycles. The number of nitrogens with zero attached hydrogens (tertiary/aromatic N) is 1. The summed E-state index contributed by atoms with van der Waals surface area (Å²) in [5, 5.41) is 6.44. The number of nitrogens with two attached hydrogens (primary N) is 1. The molecule has 0 saturated carbocycles. The lowest BCUT2D eigenvalue weighted by Gasteiger charge is -2.11. The van der Waals surface area contributed by atoms with Crippen molar-refractivity contribution in [1.29, 1.82) is 0 Å². The minimum absolute atomic E-state index is 0.505. The van der Waals surface area contributed by atoms with E-state index in [1.807, 2.05) is 6.07 Å². The van der Waals surface area contributed by atoms with E-state index in [0.29, 0.717) is 5.82 Å². The van der Waals surface area contributed by atoms with Crippen molar-refractivity contribution in [3.63, 3.8) is 0 Å². The number of nitrogens with one attached hydrogen (secondary N) is 2. The van der Waals surface area contributed by atoms with Crippen LogP contribution in [-0.2, 0) is 0 Å². The summed E-state index contributed by atoms with van der Waals surface area (Å²) < 4.78 is 0. The Balaban J connectivity index is 0.000000202. The van der Waals surface area contributed by atoms with Crippen molar-refractivity contribution in [2.75, 3.05) is 31.9 Å². The number of rotatable bonds is 2. The van der Waals surface area contributed by atoms with E-state index in [-0.39, 0.29) is 0 Å². The van der Waals surface area contributed by atoms with Crippen LogP contribution in [0, 0.1) is 0 Å². The predicted octanol–water partition coefficient (Wildman–Crippen LogP) is 1.13. The molecule has 1 aliphatic heterocycles. The highest BCUT2D eigenvalue weighted by atomic mass is 15.0. The second kappa shape index (κ2) is 7.60. The average molecular weight is 232 g/mol. The van der Waals surface area contributed by atoms with Gasteiger partial charge in [0, 0.05) is 26.2 Å². The minimum atomic E-state index is 0.505. The Hall–Kier alpha value is -1.65. The largest absolute Gasteiger partial charge is 0.384 e. The third-order valence-electron chi connectivity index (χ3n) is 2.35. The summed E-state index contributed by atoms with van der Waals surface area (Å²) in [5.74, 6) is 0.505. The fraction of sp³-hybridized carbons (Fsp3) is 0.308. The Morgan fingerprint density at radius 1 is 1.06 bits per heavy atom. The SMILES string of the molecule is C1CNCCN1.C=Cc1ccc(N)nc1C=C. The highest BCUT2D eigenvalue weighted by Gasteiger charge is 1.95. The number of pyridine rings is 1. The second-order valence-corrected chi connectivity index (χ2v) is 3.62. The first kappa shape index (κ1) is 13.4. The van der Waals surface area contributed by atoms with Gasteiger partial charge in [-0.05, 0) is 23.8 Å². The normalized spacial score (nSPS) is 14.4. The number of piperazine rings is 1. The molecular formula is C13H20N4. The zero-order valence-electron chi connectivity index (χ0n) is 10.1. The van der Waals surface area contributed by atoms with Crippen molar-refractivity contribution in [3.8, 4) is 0 Å². The van der Waals surface area contributed by atoms with Crippen LogP contribution in [0.15, 0.2) is 25.3 Å². The van der Waals surface area contributed by atoms with E-state index in [4.69, 9.17) is 5.73 Å². The van der Waals surface area contributed by atoms with Crippen LogP contribution in [0.25, 0.3) is 12.2 Å². The number of nitrogen functional groups attached to an aromatic ring is 1. The third-order valence-corrected chi connectivity index (χ3v) is 2.35. The molecule has 1 aliphatic rings. The molecule has 0 radical (unpaired) electrons. The summed E-state index contributed by atoms with van der Waals surface area (Å²) in [6.45, 7) is 11.8. The molecule has 92 valence electrons. The van der Waals surface area contributed by atoms with E-state index >= 15 is 0 Å². The molecule has 0 unspecified atom stereocenters. The first-order chi connectivity index (χ1) is 8.27. The summed E-state index contributed by atoms with van der Waals surface area (Å²) in [6, 6.07) is 3.61. The molecule has 17 heavy (non-hydrogen) atoms. The average Bonchev–Trinajstić information content (AvgIpc) is 2.41. The van der Waals surface area contributed by atoms with E-state index in [0.717, 1.165) is 37.4 Å². The van der Waals surface area contributed by atoms with Crippen molar-refractivity contribution in [2.24, 2.45) is 0 Å². The van der Waals surface area contributed by atoms with Crippen LogP contribution >= 0.6 is 0 Å². The van der Waals surface area contributed by atoms with Gasteiger partial charge in [-0.15, -0.1) is 0 Å². The van der Waals surface area contributed by atoms with E-state index in [1.54, 1.807) is 18.2 Å². The lowest BCUT2D eigenvalue weighted by atomic mass is 10.2. The van der Waals surface area contributed by atoms with Crippen LogP contribution in [0.2, 0.25) is 0 Å². The van der Waals surface area contributed by atoms with E-state index in [1.165, 1.54) is 0 Å². The Bertz CT molecular complexity index is 358. The van der Waals surface area contributed by atoms with Crippen molar-refractivity contribution in [1.82, 2.24) is 15.6 Å². The fourth-order valence-electron chi connectivity index (χ4n) is 1.44. The van der Waals surface area contributed by atoms with Crippen LogP contribution in [0.3, 0.4) is 0 Å². The molecule has 4 N–H and O–H groups in total. The smallest absolute Gasteiger partial charge is 0.124 e.